The molecule has 2 rings (SSSR count). The number of pyridine rings is 1. The number of carboxylic acid groups (broad SMARTS) is 1. The van der Waals surface area contributed by atoms with Gasteiger partial charge in [-0.05, 0) is 18.2 Å². The van der Waals surface area contributed by atoms with Gasteiger partial charge in [-0.25, -0.2) is 18.6 Å². The number of halogens is 2. The molecule has 92 valence electrons. The molecule has 0 radical (unpaired) electrons. The minimum Gasteiger partial charge on any atom is -0.478 e. The second-order valence-electron chi connectivity index (χ2n) is 3.56. The standard InChI is InChI=1S/C12H8F2N2O2/c13-8-2-1-3-9(14)11(8)7-5-16-10(15)4-6(7)12(17)18/h1-5H,(H2,15,16)(H,17,18). The fourth-order valence-corrected chi connectivity index (χ4v) is 1.60. The Balaban J connectivity index is 2.75. The van der Waals surface area contributed by atoms with E-state index in [-0.39, 0.29) is 16.9 Å². The molecule has 18 heavy (non-hydrogen) atoms. The van der Waals surface area contributed by atoms with Gasteiger partial charge in [-0.2, -0.15) is 0 Å². The number of nitrogens with zero attached hydrogens (tertiary/aromatic N) is 1. The van der Waals surface area contributed by atoms with Gasteiger partial charge in [0.15, 0.2) is 0 Å². The molecule has 0 aliphatic carbocycles. The van der Waals surface area contributed by atoms with Crippen LogP contribution in [0.3, 0.4) is 0 Å². The van der Waals surface area contributed by atoms with Crippen LogP contribution in [0.4, 0.5) is 14.6 Å². The predicted octanol–water partition coefficient (Wildman–Crippen LogP) is 2.31. The van der Waals surface area contributed by atoms with E-state index in [1.54, 1.807) is 0 Å². The van der Waals surface area contributed by atoms with Crippen molar-refractivity contribution in [3.05, 3.63) is 47.7 Å². The highest BCUT2D eigenvalue weighted by molar-refractivity contribution is 5.96. The molecule has 0 saturated heterocycles. The van der Waals surface area contributed by atoms with E-state index in [1.165, 1.54) is 6.07 Å². The molecule has 1 aromatic heterocycles. The second-order valence-corrected chi connectivity index (χ2v) is 3.56. The van der Waals surface area contributed by atoms with Crippen molar-refractivity contribution in [3.8, 4) is 11.1 Å². The molecule has 0 aliphatic rings. The quantitative estimate of drug-likeness (QED) is 0.857. The van der Waals surface area contributed by atoms with Crippen LogP contribution < -0.4 is 5.73 Å². The average Bonchev–Trinajstić information content (AvgIpc) is 2.30. The molecule has 6 heteroatoms. The van der Waals surface area contributed by atoms with Crippen molar-refractivity contribution in [2.24, 2.45) is 0 Å². The lowest BCUT2D eigenvalue weighted by molar-refractivity contribution is 0.0697. The summed E-state index contributed by atoms with van der Waals surface area (Å²) in [5, 5.41) is 9.00. The number of hydrogen-bond donors (Lipinski definition) is 2. The number of aromatic nitrogens is 1. The van der Waals surface area contributed by atoms with Gasteiger partial charge in [0.05, 0.1) is 11.1 Å². The van der Waals surface area contributed by atoms with E-state index in [4.69, 9.17) is 10.8 Å². The molecule has 0 bridgehead atoms. The highest BCUT2D eigenvalue weighted by Gasteiger charge is 2.19. The molecule has 0 amide bonds. The molecule has 0 spiro atoms. The Morgan fingerprint density at radius 2 is 1.89 bits per heavy atom. The third-order valence-corrected chi connectivity index (χ3v) is 2.39. The van der Waals surface area contributed by atoms with E-state index in [1.807, 2.05) is 0 Å². The van der Waals surface area contributed by atoms with Gasteiger partial charge >= 0.3 is 5.97 Å². The molecule has 1 heterocycles. The summed E-state index contributed by atoms with van der Waals surface area (Å²) < 4.78 is 27.2. The molecule has 0 aliphatic heterocycles. The number of carboxylic acids is 1. The van der Waals surface area contributed by atoms with Gasteiger partial charge in [-0.3, -0.25) is 0 Å². The number of rotatable bonds is 2. The Morgan fingerprint density at radius 1 is 1.28 bits per heavy atom. The summed E-state index contributed by atoms with van der Waals surface area (Å²) in [5.41, 5.74) is 4.48. The summed E-state index contributed by atoms with van der Waals surface area (Å²) in [6, 6.07) is 4.34. The number of aromatic carboxylic acids is 1. The second kappa shape index (κ2) is 4.40. The number of carbonyl (C=O) groups is 1. The summed E-state index contributed by atoms with van der Waals surface area (Å²) >= 11 is 0. The number of nitrogen functional groups attached to an aromatic ring is 1. The van der Waals surface area contributed by atoms with E-state index in [0.717, 1.165) is 24.4 Å². The van der Waals surface area contributed by atoms with Crippen LogP contribution in [0.2, 0.25) is 0 Å². The minimum absolute atomic E-state index is 0.0344. The zero-order valence-corrected chi connectivity index (χ0v) is 9.02. The van der Waals surface area contributed by atoms with Crippen molar-refractivity contribution in [1.82, 2.24) is 4.98 Å². The monoisotopic (exact) mass is 250 g/mol. The first-order chi connectivity index (χ1) is 8.50. The smallest absolute Gasteiger partial charge is 0.336 e. The van der Waals surface area contributed by atoms with Crippen LogP contribution >= 0.6 is 0 Å². The molecule has 0 fully saturated rings. The van der Waals surface area contributed by atoms with Crippen LogP contribution in [0.5, 0.6) is 0 Å². The summed E-state index contributed by atoms with van der Waals surface area (Å²) in [6.45, 7) is 0. The van der Waals surface area contributed by atoms with Crippen molar-refractivity contribution >= 4 is 11.8 Å². The molecular weight excluding hydrogens is 242 g/mol. The van der Waals surface area contributed by atoms with E-state index < -0.39 is 23.2 Å². The fourth-order valence-electron chi connectivity index (χ4n) is 1.60. The van der Waals surface area contributed by atoms with Gasteiger partial charge in [0, 0.05) is 11.8 Å². The molecule has 3 N–H and O–H groups in total. The molecule has 0 saturated carbocycles. The first kappa shape index (κ1) is 12.0. The van der Waals surface area contributed by atoms with Crippen molar-refractivity contribution in [2.75, 3.05) is 5.73 Å². The minimum atomic E-state index is -1.33. The molecule has 4 nitrogen and oxygen atoms in total. The average molecular weight is 250 g/mol. The number of nitrogens with two attached hydrogens (primary N) is 1. The van der Waals surface area contributed by atoms with Gasteiger partial charge < -0.3 is 10.8 Å². The number of hydrogen-bond acceptors (Lipinski definition) is 3. The van der Waals surface area contributed by atoms with E-state index in [0.29, 0.717) is 0 Å². The topological polar surface area (TPSA) is 76.2 Å². The largest absolute Gasteiger partial charge is 0.478 e. The predicted molar refractivity (Wildman–Crippen MR) is 61.0 cm³/mol. The number of benzene rings is 1. The van der Waals surface area contributed by atoms with Crippen LogP contribution in [0, 0.1) is 11.6 Å². The highest BCUT2D eigenvalue weighted by Crippen LogP contribution is 2.29. The summed E-state index contributed by atoms with van der Waals surface area (Å²) in [4.78, 5) is 14.7. The third kappa shape index (κ3) is 2.00. The normalized spacial score (nSPS) is 10.3. The number of anilines is 1. The maximum Gasteiger partial charge on any atom is 0.336 e. The SMILES string of the molecule is Nc1cc(C(=O)O)c(-c2c(F)cccc2F)cn1. The summed E-state index contributed by atoms with van der Waals surface area (Å²) in [6.07, 6.45) is 1.04. The Bertz CT molecular complexity index is 609. The Hall–Kier alpha value is -2.50. The van der Waals surface area contributed by atoms with E-state index >= 15 is 0 Å². The molecule has 2 aromatic rings. The maximum atomic E-state index is 13.6. The zero-order valence-electron chi connectivity index (χ0n) is 9.02. The van der Waals surface area contributed by atoms with E-state index in [2.05, 4.69) is 4.98 Å². The van der Waals surface area contributed by atoms with Crippen LogP contribution in [0.15, 0.2) is 30.5 Å². The Kier molecular flexibility index (Phi) is 2.93. The molecular formula is C12H8F2N2O2. The molecule has 1 aromatic carbocycles. The van der Waals surface area contributed by atoms with Gasteiger partial charge in [-0.15, -0.1) is 0 Å². The Labute approximate surface area is 101 Å². The van der Waals surface area contributed by atoms with Crippen LogP contribution in [0.1, 0.15) is 10.4 Å². The van der Waals surface area contributed by atoms with Crippen molar-refractivity contribution < 1.29 is 18.7 Å². The first-order valence-electron chi connectivity index (χ1n) is 4.94. The van der Waals surface area contributed by atoms with Crippen LogP contribution in [-0.4, -0.2) is 16.1 Å². The van der Waals surface area contributed by atoms with Gasteiger partial charge in [0.25, 0.3) is 0 Å². The first-order valence-corrected chi connectivity index (χ1v) is 4.94. The van der Waals surface area contributed by atoms with Crippen LogP contribution in [0.25, 0.3) is 11.1 Å². The molecule has 0 unspecified atom stereocenters. The fraction of sp³-hybridized carbons (Fsp3) is 0. The van der Waals surface area contributed by atoms with Crippen molar-refractivity contribution in [2.45, 2.75) is 0 Å². The lowest BCUT2D eigenvalue weighted by atomic mass is 10.0. The molecule has 0 atom stereocenters. The lowest BCUT2D eigenvalue weighted by Gasteiger charge is -2.08. The van der Waals surface area contributed by atoms with E-state index in [9.17, 15) is 13.6 Å². The lowest BCUT2D eigenvalue weighted by Crippen LogP contribution is -2.04. The Morgan fingerprint density at radius 3 is 2.44 bits per heavy atom. The maximum absolute atomic E-state index is 13.6. The zero-order chi connectivity index (χ0) is 13.3. The third-order valence-electron chi connectivity index (χ3n) is 2.39. The highest BCUT2D eigenvalue weighted by atomic mass is 19.1. The van der Waals surface area contributed by atoms with Gasteiger partial charge in [0.1, 0.15) is 17.5 Å². The summed E-state index contributed by atoms with van der Waals surface area (Å²) in [7, 11) is 0. The van der Waals surface area contributed by atoms with Gasteiger partial charge in [-0.1, -0.05) is 6.07 Å². The van der Waals surface area contributed by atoms with Gasteiger partial charge in [0.2, 0.25) is 0 Å². The van der Waals surface area contributed by atoms with Crippen molar-refractivity contribution in [1.29, 1.82) is 0 Å². The van der Waals surface area contributed by atoms with Crippen molar-refractivity contribution in [3.63, 3.8) is 0 Å². The summed E-state index contributed by atoms with van der Waals surface area (Å²) in [5.74, 6) is -3.08. The van der Waals surface area contributed by atoms with Crippen LogP contribution in [-0.2, 0) is 0 Å².